The van der Waals surface area contributed by atoms with E-state index in [1.807, 2.05) is 0 Å². The fourth-order valence-electron chi connectivity index (χ4n) is 2.76. The normalized spacial score (nSPS) is 22.4. The minimum atomic E-state index is -0.682. The fourth-order valence-corrected chi connectivity index (χ4v) is 2.76. The molecule has 1 saturated heterocycles. The van der Waals surface area contributed by atoms with Crippen molar-refractivity contribution in [3.8, 4) is 0 Å². The van der Waals surface area contributed by atoms with E-state index in [4.69, 9.17) is 0 Å². The van der Waals surface area contributed by atoms with Crippen molar-refractivity contribution in [2.75, 3.05) is 19.7 Å². The number of aliphatic hydroxyl groups is 2. The molecule has 0 aromatic carbocycles. The van der Waals surface area contributed by atoms with Crippen LogP contribution in [0.4, 0.5) is 4.39 Å². The summed E-state index contributed by atoms with van der Waals surface area (Å²) in [6.45, 7) is 1.87. The third kappa shape index (κ3) is 4.23. The molecular weight excluding hydrogens is 259 g/mol. The third-order valence-corrected chi connectivity index (χ3v) is 3.99. The number of hydrogen-bond donors (Lipinski definition) is 2. The van der Waals surface area contributed by atoms with Gasteiger partial charge in [-0.1, -0.05) is 12.8 Å². The lowest BCUT2D eigenvalue weighted by atomic mass is 10.1. The van der Waals surface area contributed by atoms with Crippen LogP contribution in [-0.2, 0) is 0 Å². The second-order valence-electron chi connectivity index (χ2n) is 5.43. The SMILES string of the molecule is OCC1CCCCCN1CCC(O)c1ccc(F)cn1. The molecule has 2 rings (SSSR count). The number of aromatic nitrogens is 1. The van der Waals surface area contributed by atoms with Crippen LogP contribution < -0.4 is 0 Å². The number of likely N-dealkylation sites (tertiary alicyclic amines) is 1. The maximum absolute atomic E-state index is 12.8. The minimum absolute atomic E-state index is 0.172. The lowest BCUT2D eigenvalue weighted by molar-refractivity contribution is 0.0932. The predicted molar refractivity (Wildman–Crippen MR) is 74.7 cm³/mol. The van der Waals surface area contributed by atoms with E-state index >= 15 is 0 Å². The Morgan fingerprint density at radius 1 is 1.35 bits per heavy atom. The Kier molecular flexibility index (Phi) is 5.88. The van der Waals surface area contributed by atoms with E-state index in [1.54, 1.807) is 0 Å². The number of halogens is 1. The van der Waals surface area contributed by atoms with Crippen LogP contribution in [0.2, 0.25) is 0 Å². The molecule has 2 unspecified atom stereocenters. The summed E-state index contributed by atoms with van der Waals surface area (Å²) >= 11 is 0. The van der Waals surface area contributed by atoms with Crippen molar-refractivity contribution in [2.24, 2.45) is 0 Å². The van der Waals surface area contributed by atoms with Crippen LogP contribution >= 0.6 is 0 Å². The highest BCUT2D eigenvalue weighted by atomic mass is 19.1. The molecule has 4 nitrogen and oxygen atoms in total. The molecule has 0 aliphatic carbocycles. The summed E-state index contributed by atoms with van der Waals surface area (Å²) < 4.78 is 12.8. The van der Waals surface area contributed by atoms with Gasteiger partial charge in [-0.05, 0) is 37.9 Å². The van der Waals surface area contributed by atoms with Crippen LogP contribution in [-0.4, -0.2) is 45.8 Å². The quantitative estimate of drug-likeness (QED) is 0.866. The largest absolute Gasteiger partial charge is 0.395 e. The molecule has 0 bridgehead atoms. The zero-order valence-corrected chi connectivity index (χ0v) is 11.7. The molecule has 112 valence electrons. The van der Waals surface area contributed by atoms with Gasteiger partial charge in [-0.3, -0.25) is 9.88 Å². The standard InChI is InChI=1S/C15H23FN2O2/c16-12-5-6-14(17-10-12)15(20)7-9-18-8-3-1-2-4-13(18)11-19/h5-6,10,13,15,19-20H,1-4,7-9,11H2. The molecule has 0 radical (unpaired) electrons. The molecule has 1 aromatic heterocycles. The average Bonchev–Trinajstić information content (AvgIpc) is 2.70. The van der Waals surface area contributed by atoms with Gasteiger partial charge in [0.1, 0.15) is 5.82 Å². The molecule has 2 atom stereocenters. The Morgan fingerprint density at radius 3 is 2.90 bits per heavy atom. The second kappa shape index (κ2) is 7.67. The van der Waals surface area contributed by atoms with Gasteiger partial charge < -0.3 is 10.2 Å². The molecule has 0 amide bonds. The lowest BCUT2D eigenvalue weighted by Gasteiger charge is -2.29. The maximum atomic E-state index is 12.8. The average molecular weight is 282 g/mol. The van der Waals surface area contributed by atoms with Gasteiger partial charge in [0.15, 0.2) is 0 Å². The number of pyridine rings is 1. The van der Waals surface area contributed by atoms with Crippen molar-refractivity contribution in [1.82, 2.24) is 9.88 Å². The van der Waals surface area contributed by atoms with Crippen LogP contribution in [0.25, 0.3) is 0 Å². The van der Waals surface area contributed by atoms with E-state index in [1.165, 1.54) is 18.6 Å². The molecule has 1 aliphatic rings. The molecule has 2 heterocycles. The van der Waals surface area contributed by atoms with Crippen LogP contribution in [0.5, 0.6) is 0 Å². The van der Waals surface area contributed by atoms with Gasteiger partial charge in [0.2, 0.25) is 0 Å². The highest BCUT2D eigenvalue weighted by molar-refractivity contribution is 5.08. The number of nitrogens with zero attached hydrogens (tertiary/aromatic N) is 2. The van der Waals surface area contributed by atoms with E-state index in [2.05, 4.69) is 9.88 Å². The summed E-state index contributed by atoms with van der Waals surface area (Å²) in [7, 11) is 0. The summed E-state index contributed by atoms with van der Waals surface area (Å²) in [5.41, 5.74) is 0.502. The topological polar surface area (TPSA) is 56.6 Å². The summed E-state index contributed by atoms with van der Waals surface area (Å²) in [6, 6.07) is 3.03. The smallest absolute Gasteiger partial charge is 0.141 e. The molecule has 0 saturated carbocycles. The number of aliphatic hydroxyl groups excluding tert-OH is 2. The Hall–Kier alpha value is -1.04. The Balaban J connectivity index is 1.87. The van der Waals surface area contributed by atoms with Gasteiger partial charge in [0.25, 0.3) is 0 Å². The van der Waals surface area contributed by atoms with E-state index in [-0.39, 0.29) is 12.6 Å². The minimum Gasteiger partial charge on any atom is -0.395 e. The summed E-state index contributed by atoms with van der Waals surface area (Å²) in [4.78, 5) is 6.16. The monoisotopic (exact) mass is 282 g/mol. The highest BCUT2D eigenvalue weighted by Crippen LogP contribution is 2.20. The summed E-state index contributed by atoms with van der Waals surface area (Å²) in [5, 5.41) is 19.5. The molecule has 1 aliphatic heterocycles. The summed E-state index contributed by atoms with van der Waals surface area (Å²) in [5.74, 6) is -0.395. The van der Waals surface area contributed by atoms with Crippen LogP contribution in [0.3, 0.4) is 0 Å². The molecule has 20 heavy (non-hydrogen) atoms. The van der Waals surface area contributed by atoms with Crippen LogP contribution in [0, 0.1) is 5.82 Å². The zero-order chi connectivity index (χ0) is 14.4. The van der Waals surface area contributed by atoms with Gasteiger partial charge in [0, 0.05) is 12.6 Å². The predicted octanol–water partition coefficient (Wildman–Crippen LogP) is 1.88. The number of rotatable bonds is 5. The molecule has 0 spiro atoms. The molecule has 1 aromatic rings. The van der Waals surface area contributed by atoms with E-state index in [0.29, 0.717) is 12.1 Å². The Labute approximate surface area is 119 Å². The Morgan fingerprint density at radius 2 is 2.20 bits per heavy atom. The highest BCUT2D eigenvalue weighted by Gasteiger charge is 2.21. The summed E-state index contributed by atoms with van der Waals surface area (Å²) in [6.07, 6.45) is 5.51. The third-order valence-electron chi connectivity index (χ3n) is 3.99. The van der Waals surface area contributed by atoms with Gasteiger partial charge >= 0.3 is 0 Å². The van der Waals surface area contributed by atoms with Crippen LogP contribution in [0.1, 0.15) is 43.9 Å². The van der Waals surface area contributed by atoms with Crippen molar-refractivity contribution in [2.45, 2.75) is 44.2 Å². The number of hydrogen-bond acceptors (Lipinski definition) is 4. The van der Waals surface area contributed by atoms with Gasteiger partial charge in [0.05, 0.1) is 24.6 Å². The first kappa shape index (κ1) is 15.4. The van der Waals surface area contributed by atoms with E-state index < -0.39 is 11.9 Å². The van der Waals surface area contributed by atoms with Crippen molar-refractivity contribution in [1.29, 1.82) is 0 Å². The van der Waals surface area contributed by atoms with Gasteiger partial charge in [-0.25, -0.2) is 4.39 Å². The first-order valence-electron chi connectivity index (χ1n) is 7.35. The molecule has 2 N–H and O–H groups in total. The van der Waals surface area contributed by atoms with E-state index in [9.17, 15) is 14.6 Å². The maximum Gasteiger partial charge on any atom is 0.141 e. The lowest BCUT2D eigenvalue weighted by Crippen LogP contribution is -2.38. The van der Waals surface area contributed by atoms with Gasteiger partial charge in [-0.15, -0.1) is 0 Å². The van der Waals surface area contributed by atoms with Crippen molar-refractivity contribution >= 4 is 0 Å². The second-order valence-corrected chi connectivity index (χ2v) is 5.43. The fraction of sp³-hybridized carbons (Fsp3) is 0.667. The van der Waals surface area contributed by atoms with Crippen LogP contribution in [0.15, 0.2) is 18.3 Å². The Bertz CT molecular complexity index is 399. The van der Waals surface area contributed by atoms with E-state index in [0.717, 1.165) is 38.5 Å². The zero-order valence-electron chi connectivity index (χ0n) is 11.7. The first-order chi connectivity index (χ1) is 9.70. The van der Waals surface area contributed by atoms with Crippen molar-refractivity contribution < 1.29 is 14.6 Å². The van der Waals surface area contributed by atoms with Crippen molar-refractivity contribution in [3.63, 3.8) is 0 Å². The molecular formula is C15H23FN2O2. The van der Waals surface area contributed by atoms with Crippen molar-refractivity contribution in [3.05, 3.63) is 29.8 Å². The molecule has 5 heteroatoms. The molecule has 1 fully saturated rings. The van der Waals surface area contributed by atoms with Gasteiger partial charge in [-0.2, -0.15) is 0 Å². The first-order valence-corrected chi connectivity index (χ1v) is 7.35.